The summed E-state index contributed by atoms with van der Waals surface area (Å²) in [5, 5.41) is 0.724. The van der Waals surface area contributed by atoms with Gasteiger partial charge in [-0.25, -0.2) is 0 Å². The summed E-state index contributed by atoms with van der Waals surface area (Å²) in [5.41, 5.74) is 1.74. The van der Waals surface area contributed by atoms with Crippen LogP contribution >= 0.6 is 23.2 Å². The number of hydrogen-bond acceptors (Lipinski definition) is 1. The van der Waals surface area contributed by atoms with Gasteiger partial charge in [0.25, 0.3) is 0 Å². The van der Waals surface area contributed by atoms with Gasteiger partial charge in [-0.05, 0) is 24.6 Å². The number of benzene rings is 2. The van der Waals surface area contributed by atoms with E-state index in [0.717, 1.165) is 5.56 Å². The van der Waals surface area contributed by atoms with E-state index >= 15 is 0 Å². The molecular weight excluding hydrogens is 255 g/mol. The molecule has 0 N–H and O–H groups in total. The lowest BCUT2D eigenvalue weighted by Crippen LogP contribution is -2.03. The molecule has 0 aromatic heterocycles. The lowest BCUT2D eigenvalue weighted by Gasteiger charge is -2.06. The fourth-order valence-electron chi connectivity index (χ4n) is 1.52. The van der Waals surface area contributed by atoms with E-state index in [1.54, 1.807) is 42.5 Å². The van der Waals surface area contributed by atoms with Gasteiger partial charge < -0.3 is 0 Å². The van der Waals surface area contributed by atoms with Crippen LogP contribution in [0.3, 0.4) is 0 Å². The Kier molecular flexibility index (Phi) is 3.51. The Bertz CT molecular complexity index is 539. The fourth-order valence-corrected chi connectivity index (χ4v) is 2.08. The average Bonchev–Trinajstić information content (AvgIpc) is 2.29. The van der Waals surface area contributed by atoms with E-state index in [-0.39, 0.29) is 5.78 Å². The van der Waals surface area contributed by atoms with E-state index in [9.17, 15) is 4.79 Å². The second-order valence-electron chi connectivity index (χ2n) is 3.62. The van der Waals surface area contributed by atoms with E-state index in [1.807, 2.05) is 0 Å². The highest BCUT2D eigenvalue weighted by atomic mass is 35.5. The Balaban J connectivity index is 2.47. The molecule has 0 aliphatic carbocycles. The molecule has 1 nitrogen and oxygen atoms in total. The molecule has 2 rings (SSSR count). The van der Waals surface area contributed by atoms with Gasteiger partial charge in [-0.15, -0.1) is 0 Å². The number of halogens is 2. The van der Waals surface area contributed by atoms with Crippen molar-refractivity contribution in [2.75, 3.05) is 0 Å². The molecule has 0 saturated heterocycles. The summed E-state index contributed by atoms with van der Waals surface area (Å²) in [4.78, 5) is 12.2. The number of ketones is 1. The largest absolute Gasteiger partial charge is 0.288 e. The number of carbonyl (C=O) groups excluding carboxylic acids is 1. The zero-order valence-corrected chi connectivity index (χ0v) is 10.4. The standard InChI is InChI=1S/C14H9Cl2O/c1-9-5-7-10(8-6-9)14(17)13-11(15)3-2-4-12(13)16/h2-8H,1H2. The van der Waals surface area contributed by atoms with Crippen LogP contribution in [0.25, 0.3) is 0 Å². The van der Waals surface area contributed by atoms with Crippen molar-refractivity contribution in [2.45, 2.75) is 0 Å². The molecule has 2 aromatic rings. The van der Waals surface area contributed by atoms with Crippen LogP contribution in [0.2, 0.25) is 10.0 Å². The molecule has 0 unspecified atom stereocenters. The van der Waals surface area contributed by atoms with Crippen molar-refractivity contribution in [2.24, 2.45) is 0 Å². The van der Waals surface area contributed by atoms with E-state index in [2.05, 4.69) is 6.92 Å². The zero-order chi connectivity index (χ0) is 12.4. The summed E-state index contributed by atoms with van der Waals surface area (Å²) >= 11 is 12.0. The van der Waals surface area contributed by atoms with Crippen LogP contribution in [-0.4, -0.2) is 5.78 Å². The van der Waals surface area contributed by atoms with Gasteiger partial charge in [0.15, 0.2) is 5.78 Å². The molecule has 2 aromatic carbocycles. The summed E-state index contributed by atoms with van der Waals surface area (Å²) in [6, 6.07) is 12.0. The van der Waals surface area contributed by atoms with Gasteiger partial charge in [0, 0.05) is 5.56 Å². The van der Waals surface area contributed by atoms with Crippen LogP contribution in [0.4, 0.5) is 0 Å². The van der Waals surface area contributed by atoms with Crippen LogP contribution < -0.4 is 0 Å². The molecule has 0 aliphatic rings. The number of hydrogen-bond donors (Lipinski definition) is 0. The molecule has 0 saturated carbocycles. The van der Waals surface area contributed by atoms with Crippen molar-refractivity contribution in [1.29, 1.82) is 0 Å². The van der Waals surface area contributed by atoms with Crippen molar-refractivity contribution >= 4 is 29.0 Å². The van der Waals surface area contributed by atoms with E-state index in [4.69, 9.17) is 23.2 Å². The second kappa shape index (κ2) is 4.91. The highest BCUT2D eigenvalue weighted by Gasteiger charge is 2.15. The third kappa shape index (κ3) is 2.51. The minimum atomic E-state index is -0.180. The van der Waals surface area contributed by atoms with Crippen LogP contribution in [0.15, 0.2) is 42.5 Å². The summed E-state index contributed by atoms with van der Waals surface area (Å²) in [6.07, 6.45) is 0. The molecule has 0 atom stereocenters. The maximum atomic E-state index is 12.2. The molecular formula is C14H9Cl2O. The molecule has 0 heterocycles. The van der Waals surface area contributed by atoms with Gasteiger partial charge in [0.2, 0.25) is 0 Å². The molecule has 0 bridgehead atoms. The molecule has 0 aliphatic heterocycles. The van der Waals surface area contributed by atoms with Gasteiger partial charge in [0.05, 0.1) is 15.6 Å². The zero-order valence-electron chi connectivity index (χ0n) is 8.91. The average molecular weight is 264 g/mol. The third-order valence-electron chi connectivity index (χ3n) is 2.41. The Morgan fingerprint density at radius 1 is 0.941 bits per heavy atom. The van der Waals surface area contributed by atoms with E-state index < -0.39 is 0 Å². The highest BCUT2D eigenvalue weighted by Crippen LogP contribution is 2.26. The molecule has 0 fully saturated rings. The molecule has 85 valence electrons. The lowest BCUT2D eigenvalue weighted by atomic mass is 10.0. The second-order valence-corrected chi connectivity index (χ2v) is 4.44. The van der Waals surface area contributed by atoms with Gasteiger partial charge >= 0.3 is 0 Å². The SMILES string of the molecule is [CH2]c1ccc(C(=O)c2c(Cl)cccc2Cl)cc1. The summed E-state index contributed by atoms with van der Waals surface area (Å²) in [7, 11) is 0. The summed E-state index contributed by atoms with van der Waals surface area (Å²) in [5.74, 6) is -0.180. The predicted molar refractivity (Wildman–Crippen MR) is 70.8 cm³/mol. The van der Waals surface area contributed by atoms with Crippen molar-refractivity contribution in [1.82, 2.24) is 0 Å². The summed E-state index contributed by atoms with van der Waals surface area (Å²) < 4.78 is 0. The predicted octanol–water partition coefficient (Wildman–Crippen LogP) is 4.41. The molecule has 17 heavy (non-hydrogen) atoms. The van der Waals surface area contributed by atoms with Gasteiger partial charge in [-0.2, -0.15) is 0 Å². The van der Waals surface area contributed by atoms with E-state index in [0.29, 0.717) is 21.2 Å². The van der Waals surface area contributed by atoms with Crippen molar-refractivity contribution in [3.63, 3.8) is 0 Å². The molecule has 0 spiro atoms. The van der Waals surface area contributed by atoms with Crippen LogP contribution in [0.5, 0.6) is 0 Å². The van der Waals surface area contributed by atoms with Gasteiger partial charge in [-0.3, -0.25) is 4.79 Å². The Morgan fingerprint density at radius 2 is 1.47 bits per heavy atom. The van der Waals surface area contributed by atoms with E-state index in [1.165, 1.54) is 0 Å². The third-order valence-corrected chi connectivity index (χ3v) is 3.04. The van der Waals surface area contributed by atoms with Crippen molar-refractivity contribution in [3.05, 3.63) is 76.1 Å². The smallest absolute Gasteiger partial charge is 0.196 e. The highest BCUT2D eigenvalue weighted by molar-refractivity contribution is 6.41. The lowest BCUT2D eigenvalue weighted by molar-refractivity contribution is 0.103. The number of carbonyl (C=O) groups is 1. The maximum absolute atomic E-state index is 12.2. The van der Waals surface area contributed by atoms with Crippen LogP contribution in [0.1, 0.15) is 21.5 Å². The molecule has 3 heteroatoms. The molecule has 1 radical (unpaired) electrons. The van der Waals surface area contributed by atoms with Crippen LogP contribution in [0, 0.1) is 6.92 Å². The van der Waals surface area contributed by atoms with Gasteiger partial charge in [0.1, 0.15) is 0 Å². The fraction of sp³-hybridized carbons (Fsp3) is 0. The minimum Gasteiger partial charge on any atom is -0.288 e. The minimum absolute atomic E-state index is 0.180. The monoisotopic (exact) mass is 263 g/mol. The van der Waals surface area contributed by atoms with Gasteiger partial charge in [-0.1, -0.05) is 53.5 Å². The number of rotatable bonds is 2. The van der Waals surface area contributed by atoms with Crippen LogP contribution in [-0.2, 0) is 0 Å². The quantitative estimate of drug-likeness (QED) is 0.734. The first-order valence-electron chi connectivity index (χ1n) is 5.00. The normalized spacial score (nSPS) is 10.3. The Hall–Kier alpha value is -1.31. The maximum Gasteiger partial charge on any atom is 0.196 e. The topological polar surface area (TPSA) is 17.1 Å². The first kappa shape index (κ1) is 12.2. The van der Waals surface area contributed by atoms with Crippen molar-refractivity contribution < 1.29 is 4.79 Å². The Morgan fingerprint density at radius 3 is 2.00 bits per heavy atom. The first-order valence-corrected chi connectivity index (χ1v) is 5.76. The molecule has 0 amide bonds. The van der Waals surface area contributed by atoms with Crippen molar-refractivity contribution in [3.8, 4) is 0 Å². The first-order chi connectivity index (χ1) is 8.09. The Labute approximate surface area is 110 Å². The summed E-state index contributed by atoms with van der Waals surface area (Å²) in [6.45, 7) is 3.77.